The quantitative estimate of drug-likeness (QED) is 0.601. The number of rotatable bonds is 7. The van der Waals surface area contributed by atoms with Gasteiger partial charge in [0.05, 0.1) is 6.10 Å². The number of ether oxygens (including phenoxy) is 1. The van der Waals surface area contributed by atoms with E-state index in [1.165, 1.54) is 63.5 Å². The predicted molar refractivity (Wildman–Crippen MR) is 111 cm³/mol. The smallest absolute Gasteiger partial charge is 0.248 e. The van der Waals surface area contributed by atoms with Gasteiger partial charge in [0.25, 0.3) is 0 Å². The third kappa shape index (κ3) is 5.89. The van der Waals surface area contributed by atoms with Gasteiger partial charge in [0.2, 0.25) is 5.91 Å². The fourth-order valence-electron chi connectivity index (χ4n) is 5.05. The number of carbonyl (C=O) groups is 1. The molecule has 3 fully saturated rings. The summed E-state index contributed by atoms with van der Waals surface area (Å²) in [5, 5.41) is 0.655. The first-order valence-corrected chi connectivity index (χ1v) is 12.2. The molecule has 1 aliphatic heterocycles. The van der Waals surface area contributed by atoms with E-state index in [9.17, 15) is 4.79 Å². The highest BCUT2D eigenvalue weighted by Crippen LogP contribution is 2.32. The van der Waals surface area contributed by atoms with Crippen LogP contribution in [0.4, 0.5) is 0 Å². The number of nitrogens with zero attached hydrogens (tertiary/aromatic N) is 1. The van der Waals surface area contributed by atoms with Gasteiger partial charge >= 0.3 is 0 Å². The van der Waals surface area contributed by atoms with Crippen LogP contribution in [-0.4, -0.2) is 47.1 Å². The lowest BCUT2D eigenvalue weighted by molar-refractivity contribution is -0.142. The fourth-order valence-corrected chi connectivity index (χ4v) is 6.31. The first-order chi connectivity index (χ1) is 12.6. The Bertz CT molecular complexity index is 422. The minimum Gasteiger partial charge on any atom is -0.368 e. The van der Waals surface area contributed by atoms with Crippen LogP contribution in [0, 0.1) is 11.8 Å². The second-order valence-electron chi connectivity index (χ2n) is 9.06. The molecule has 3 nitrogen and oxygen atoms in total. The van der Waals surface area contributed by atoms with Gasteiger partial charge in [0.1, 0.15) is 6.61 Å². The van der Waals surface area contributed by atoms with Gasteiger partial charge in [-0.05, 0) is 69.0 Å². The molecule has 0 spiro atoms. The molecular formula is C22H39NO2S. The molecule has 1 saturated heterocycles. The predicted octanol–water partition coefficient (Wildman–Crippen LogP) is 5.27. The van der Waals surface area contributed by atoms with Gasteiger partial charge in [-0.1, -0.05) is 33.1 Å². The van der Waals surface area contributed by atoms with Crippen LogP contribution in [0.2, 0.25) is 0 Å². The van der Waals surface area contributed by atoms with Gasteiger partial charge in [-0.15, -0.1) is 0 Å². The Balaban J connectivity index is 1.48. The number of amides is 1. The molecule has 1 heterocycles. The van der Waals surface area contributed by atoms with E-state index in [1.54, 1.807) is 0 Å². The molecule has 2 aliphatic carbocycles. The molecule has 0 aromatic heterocycles. The molecule has 0 radical (unpaired) electrons. The molecule has 2 saturated carbocycles. The zero-order valence-corrected chi connectivity index (χ0v) is 17.8. The van der Waals surface area contributed by atoms with Crippen molar-refractivity contribution in [1.82, 2.24) is 4.90 Å². The maximum atomic E-state index is 13.0. The third-order valence-electron chi connectivity index (χ3n) is 6.86. The average Bonchev–Trinajstić information content (AvgIpc) is 3.18. The molecule has 0 aromatic carbocycles. The van der Waals surface area contributed by atoms with Crippen LogP contribution in [-0.2, 0) is 9.53 Å². The topological polar surface area (TPSA) is 29.5 Å². The van der Waals surface area contributed by atoms with E-state index >= 15 is 0 Å². The van der Waals surface area contributed by atoms with E-state index in [0.717, 1.165) is 31.2 Å². The highest BCUT2D eigenvalue weighted by molar-refractivity contribution is 8.00. The number of carbonyl (C=O) groups excluding carboxylic acids is 1. The molecule has 1 unspecified atom stereocenters. The minimum atomic E-state index is 0.260. The Morgan fingerprint density at radius 2 is 1.73 bits per heavy atom. The maximum absolute atomic E-state index is 13.0. The molecular weight excluding hydrogens is 342 g/mol. The first-order valence-electron chi connectivity index (χ1n) is 11.2. The Morgan fingerprint density at radius 3 is 2.35 bits per heavy atom. The molecule has 150 valence electrons. The molecule has 0 bridgehead atoms. The van der Waals surface area contributed by atoms with Crippen molar-refractivity contribution >= 4 is 17.7 Å². The summed E-state index contributed by atoms with van der Waals surface area (Å²) < 4.78 is 6.11. The van der Waals surface area contributed by atoms with Crippen LogP contribution in [0.1, 0.15) is 84.5 Å². The summed E-state index contributed by atoms with van der Waals surface area (Å²) in [6, 6.07) is 0.470. The van der Waals surface area contributed by atoms with Gasteiger partial charge in [-0.25, -0.2) is 0 Å². The highest BCUT2D eigenvalue weighted by Gasteiger charge is 2.30. The SMILES string of the molecule is CC(C)C1CCC(OCC(=O)N(CC2CCCS2)C2CCCCC2)CC1. The average molecular weight is 382 g/mol. The lowest BCUT2D eigenvalue weighted by Crippen LogP contribution is -2.46. The van der Waals surface area contributed by atoms with Crippen molar-refractivity contribution in [1.29, 1.82) is 0 Å². The van der Waals surface area contributed by atoms with Gasteiger partial charge < -0.3 is 9.64 Å². The van der Waals surface area contributed by atoms with Crippen molar-refractivity contribution in [3.8, 4) is 0 Å². The van der Waals surface area contributed by atoms with Crippen molar-refractivity contribution < 1.29 is 9.53 Å². The largest absolute Gasteiger partial charge is 0.368 e. The molecule has 1 atom stereocenters. The summed E-state index contributed by atoms with van der Waals surface area (Å²) in [4.78, 5) is 15.3. The van der Waals surface area contributed by atoms with E-state index in [1.807, 2.05) is 0 Å². The molecule has 4 heteroatoms. The number of thioether (sulfide) groups is 1. The summed E-state index contributed by atoms with van der Waals surface area (Å²) in [5.41, 5.74) is 0. The number of hydrogen-bond acceptors (Lipinski definition) is 3. The van der Waals surface area contributed by atoms with Crippen molar-refractivity contribution in [3.63, 3.8) is 0 Å². The molecule has 0 N–H and O–H groups in total. The maximum Gasteiger partial charge on any atom is 0.248 e. The van der Waals surface area contributed by atoms with Crippen LogP contribution < -0.4 is 0 Å². The van der Waals surface area contributed by atoms with E-state index in [4.69, 9.17) is 4.74 Å². The summed E-state index contributed by atoms with van der Waals surface area (Å²) in [6.45, 7) is 5.93. The molecule has 0 aromatic rings. The summed E-state index contributed by atoms with van der Waals surface area (Å²) in [5.74, 6) is 3.16. The molecule has 1 amide bonds. The second kappa shape index (κ2) is 10.4. The molecule has 3 rings (SSSR count). The normalized spacial score (nSPS) is 30.7. The van der Waals surface area contributed by atoms with Gasteiger partial charge in [-0.2, -0.15) is 11.8 Å². The van der Waals surface area contributed by atoms with Crippen LogP contribution in [0.3, 0.4) is 0 Å². The van der Waals surface area contributed by atoms with Crippen LogP contribution >= 0.6 is 11.8 Å². The van der Waals surface area contributed by atoms with Crippen molar-refractivity contribution in [2.45, 2.75) is 102 Å². The van der Waals surface area contributed by atoms with E-state index < -0.39 is 0 Å². The second-order valence-corrected chi connectivity index (χ2v) is 10.5. The van der Waals surface area contributed by atoms with Crippen molar-refractivity contribution in [2.75, 3.05) is 18.9 Å². The van der Waals surface area contributed by atoms with Crippen LogP contribution in [0.15, 0.2) is 0 Å². The summed E-state index contributed by atoms with van der Waals surface area (Å²) >= 11 is 2.07. The van der Waals surface area contributed by atoms with E-state index in [-0.39, 0.29) is 5.91 Å². The minimum absolute atomic E-state index is 0.260. The van der Waals surface area contributed by atoms with Gasteiger partial charge in [0, 0.05) is 17.8 Å². The summed E-state index contributed by atoms with van der Waals surface area (Å²) in [7, 11) is 0. The Labute approximate surface area is 165 Å². The van der Waals surface area contributed by atoms with Crippen molar-refractivity contribution in [3.05, 3.63) is 0 Å². The van der Waals surface area contributed by atoms with E-state index in [0.29, 0.717) is 24.0 Å². The Hall–Kier alpha value is -0.220. The van der Waals surface area contributed by atoms with Gasteiger partial charge in [0.15, 0.2) is 0 Å². The summed E-state index contributed by atoms with van der Waals surface area (Å²) in [6.07, 6.45) is 14.0. The van der Waals surface area contributed by atoms with Crippen molar-refractivity contribution in [2.24, 2.45) is 11.8 Å². The first kappa shape index (κ1) is 20.5. The van der Waals surface area contributed by atoms with Crippen LogP contribution in [0.25, 0.3) is 0 Å². The number of hydrogen-bond donors (Lipinski definition) is 0. The zero-order valence-electron chi connectivity index (χ0n) is 17.0. The Kier molecular flexibility index (Phi) is 8.17. The zero-order chi connectivity index (χ0) is 18.4. The monoisotopic (exact) mass is 381 g/mol. The highest BCUT2D eigenvalue weighted by atomic mass is 32.2. The standard InChI is InChI=1S/C22H39NO2S/c1-17(2)18-10-12-20(13-11-18)25-16-22(24)23(15-21-9-6-14-26-21)19-7-4-3-5-8-19/h17-21H,3-16H2,1-2H3. The van der Waals surface area contributed by atoms with E-state index in [2.05, 4.69) is 30.5 Å². The lowest BCUT2D eigenvalue weighted by atomic mass is 9.80. The van der Waals surface area contributed by atoms with Crippen LogP contribution in [0.5, 0.6) is 0 Å². The Morgan fingerprint density at radius 1 is 1.00 bits per heavy atom. The lowest BCUT2D eigenvalue weighted by Gasteiger charge is -2.36. The molecule has 3 aliphatic rings. The molecule has 26 heavy (non-hydrogen) atoms. The fraction of sp³-hybridized carbons (Fsp3) is 0.955. The third-order valence-corrected chi connectivity index (χ3v) is 8.24. The van der Waals surface area contributed by atoms with Gasteiger partial charge in [-0.3, -0.25) is 4.79 Å².